The van der Waals surface area contributed by atoms with Crippen molar-refractivity contribution < 1.29 is 14.6 Å². The third-order valence-electron chi connectivity index (χ3n) is 2.92. The molecule has 0 radical (unpaired) electrons. The molecule has 0 atom stereocenters. The van der Waals surface area contributed by atoms with Gasteiger partial charge in [0.2, 0.25) is 0 Å². The van der Waals surface area contributed by atoms with Crippen molar-refractivity contribution in [2.24, 2.45) is 7.05 Å². The Morgan fingerprint density at radius 1 is 1.44 bits per heavy atom. The largest absolute Gasteiger partial charge is 0.494 e. The second-order valence-electron chi connectivity index (χ2n) is 3.94. The second-order valence-corrected chi connectivity index (χ2v) is 5.02. The van der Waals surface area contributed by atoms with Crippen molar-refractivity contribution in [1.82, 2.24) is 9.78 Å². The Hall–Kier alpha value is -2.08. The second kappa shape index (κ2) is 3.71. The fourth-order valence-electron chi connectivity index (χ4n) is 2.10. The first-order valence-electron chi connectivity index (χ1n) is 5.27. The molecule has 1 aromatic carbocycles. The standard InChI is InChI=1S/C12H10N2O3S/c1-14-11-7(5-13-14)6-3-10(12(15)16)18-9(6)4-8(11)17-2/h3-5H,1-2H3,(H,15,16). The van der Waals surface area contributed by atoms with Gasteiger partial charge in [0, 0.05) is 28.6 Å². The summed E-state index contributed by atoms with van der Waals surface area (Å²) in [5, 5.41) is 15.1. The van der Waals surface area contributed by atoms with Gasteiger partial charge in [-0.05, 0) is 6.07 Å². The molecule has 5 nitrogen and oxygen atoms in total. The maximum absolute atomic E-state index is 11.0. The number of aryl methyl sites for hydroxylation is 1. The highest BCUT2D eigenvalue weighted by Crippen LogP contribution is 2.37. The molecule has 0 unspecified atom stereocenters. The highest BCUT2D eigenvalue weighted by atomic mass is 32.1. The molecule has 2 heterocycles. The summed E-state index contributed by atoms with van der Waals surface area (Å²) in [5.74, 6) is -0.205. The number of thiophene rings is 1. The number of fused-ring (bicyclic) bond motifs is 3. The first kappa shape index (κ1) is 11.0. The Balaban J connectivity index is 2.48. The van der Waals surface area contributed by atoms with E-state index in [2.05, 4.69) is 5.10 Å². The van der Waals surface area contributed by atoms with Crippen molar-refractivity contribution in [3.63, 3.8) is 0 Å². The number of aromatic nitrogens is 2. The Labute approximate surface area is 106 Å². The molecule has 3 aromatic rings. The molecular weight excluding hydrogens is 252 g/mol. The van der Waals surface area contributed by atoms with Gasteiger partial charge in [-0.15, -0.1) is 11.3 Å². The highest BCUT2D eigenvalue weighted by Gasteiger charge is 2.16. The van der Waals surface area contributed by atoms with E-state index in [4.69, 9.17) is 9.84 Å². The average Bonchev–Trinajstić information content (AvgIpc) is 2.92. The van der Waals surface area contributed by atoms with Gasteiger partial charge in [0.15, 0.2) is 0 Å². The van der Waals surface area contributed by atoms with E-state index in [1.165, 1.54) is 11.3 Å². The SMILES string of the molecule is COc1cc2sc(C(=O)O)cc2c2cnn(C)c12. The van der Waals surface area contributed by atoms with Crippen LogP contribution in [-0.4, -0.2) is 28.0 Å². The monoisotopic (exact) mass is 262 g/mol. The predicted octanol–water partition coefficient (Wildman–Crippen LogP) is 2.49. The topological polar surface area (TPSA) is 64.3 Å². The number of rotatable bonds is 2. The number of carboxylic acid groups (broad SMARTS) is 1. The van der Waals surface area contributed by atoms with E-state index in [1.807, 2.05) is 13.1 Å². The van der Waals surface area contributed by atoms with Crippen LogP contribution in [0.15, 0.2) is 18.3 Å². The number of hydrogen-bond donors (Lipinski definition) is 1. The lowest BCUT2D eigenvalue weighted by molar-refractivity contribution is 0.0702. The molecule has 0 aliphatic rings. The van der Waals surface area contributed by atoms with Gasteiger partial charge in [-0.3, -0.25) is 4.68 Å². The summed E-state index contributed by atoms with van der Waals surface area (Å²) in [6.45, 7) is 0. The zero-order chi connectivity index (χ0) is 12.9. The van der Waals surface area contributed by atoms with Gasteiger partial charge in [0.25, 0.3) is 0 Å². The molecule has 0 aliphatic heterocycles. The molecule has 2 aromatic heterocycles. The molecule has 0 saturated carbocycles. The number of aromatic carboxylic acids is 1. The van der Waals surface area contributed by atoms with Crippen LogP contribution in [-0.2, 0) is 7.05 Å². The summed E-state index contributed by atoms with van der Waals surface area (Å²) in [6.07, 6.45) is 1.73. The smallest absolute Gasteiger partial charge is 0.345 e. The number of hydrogen-bond acceptors (Lipinski definition) is 4. The number of carboxylic acids is 1. The molecule has 0 amide bonds. The lowest BCUT2D eigenvalue weighted by Gasteiger charge is -2.04. The zero-order valence-corrected chi connectivity index (χ0v) is 10.6. The maximum Gasteiger partial charge on any atom is 0.345 e. The van der Waals surface area contributed by atoms with Crippen LogP contribution >= 0.6 is 11.3 Å². The number of ether oxygens (including phenoxy) is 1. The Morgan fingerprint density at radius 2 is 2.22 bits per heavy atom. The van der Waals surface area contributed by atoms with Gasteiger partial charge in [0.1, 0.15) is 16.1 Å². The highest BCUT2D eigenvalue weighted by molar-refractivity contribution is 7.20. The Bertz CT molecular complexity index is 772. The van der Waals surface area contributed by atoms with Crippen molar-refractivity contribution in [2.75, 3.05) is 7.11 Å². The third kappa shape index (κ3) is 1.39. The summed E-state index contributed by atoms with van der Waals surface area (Å²) >= 11 is 1.24. The van der Waals surface area contributed by atoms with Crippen molar-refractivity contribution >= 4 is 38.3 Å². The number of methoxy groups -OCH3 is 1. The summed E-state index contributed by atoms with van der Waals surface area (Å²) < 4.78 is 7.96. The predicted molar refractivity (Wildman–Crippen MR) is 69.6 cm³/mol. The molecule has 0 fully saturated rings. The first-order valence-corrected chi connectivity index (χ1v) is 6.09. The van der Waals surface area contributed by atoms with Crippen LogP contribution in [0, 0.1) is 0 Å². The van der Waals surface area contributed by atoms with Gasteiger partial charge in [0.05, 0.1) is 13.3 Å². The minimum atomic E-state index is -0.910. The van der Waals surface area contributed by atoms with Gasteiger partial charge >= 0.3 is 5.97 Å². The van der Waals surface area contributed by atoms with Crippen molar-refractivity contribution in [1.29, 1.82) is 0 Å². The van der Waals surface area contributed by atoms with E-state index >= 15 is 0 Å². The minimum Gasteiger partial charge on any atom is -0.494 e. The number of carbonyl (C=O) groups is 1. The first-order chi connectivity index (χ1) is 8.61. The quantitative estimate of drug-likeness (QED) is 0.770. The van der Waals surface area contributed by atoms with Gasteiger partial charge in [-0.25, -0.2) is 4.79 Å². The molecule has 6 heteroatoms. The lowest BCUT2D eigenvalue weighted by atomic mass is 10.1. The normalized spacial score (nSPS) is 11.2. The van der Waals surface area contributed by atoms with Crippen molar-refractivity contribution in [3.05, 3.63) is 23.2 Å². The molecule has 18 heavy (non-hydrogen) atoms. The summed E-state index contributed by atoms with van der Waals surface area (Å²) in [7, 11) is 3.43. The molecule has 0 spiro atoms. The van der Waals surface area contributed by atoms with E-state index < -0.39 is 5.97 Å². The van der Waals surface area contributed by atoms with Crippen LogP contribution < -0.4 is 4.74 Å². The van der Waals surface area contributed by atoms with Gasteiger partial charge < -0.3 is 9.84 Å². The summed E-state index contributed by atoms with van der Waals surface area (Å²) in [5.41, 5.74) is 0.875. The molecule has 92 valence electrons. The average molecular weight is 262 g/mol. The minimum absolute atomic E-state index is 0.323. The van der Waals surface area contributed by atoms with E-state index in [9.17, 15) is 4.79 Å². The van der Waals surface area contributed by atoms with Crippen LogP contribution in [0.25, 0.3) is 21.0 Å². The number of nitrogens with zero attached hydrogens (tertiary/aromatic N) is 2. The zero-order valence-electron chi connectivity index (χ0n) is 9.80. The molecular formula is C12H10N2O3S. The Kier molecular flexibility index (Phi) is 2.27. The van der Waals surface area contributed by atoms with Crippen LogP contribution in [0.2, 0.25) is 0 Å². The third-order valence-corrected chi connectivity index (χ3v) is 3.99. The molecule has 3 rings (SSSR count). The molecule has 0 bridgehead atoms. The molecule has 0 aliphatic carbocycles. The maximum atomic E-state index is 11.0. The summed E-state index contributed by atoms with van der Waals surface area (Å²) in [6, 6.07) is 3.54. The van der Waals surface area contributed by atoms with E-state index in [0.717, 1.165) is 21.0 Å². The van der Waals surface area contributed by atoms with E-state index in [0.29, 0.717) is 10.6 Å². The van der Waals surface area contributed by atoms with Gasteiger partial charge in [-0.2, -0.15) is 5.10 Å². The fraction of sp³-hybridized carbons (Fsp3) is 0.167. The van der Waals surface area contributed by atoms with E-state index in [1.54, 1.807) is 24.1 Å². The van der Waals surface area contributed by atoms with Crippen molar-refractivity contribution in [2.45, 2.75) is 0 Å². The molecule has 1 N–H and O–H groups in total. The summed E-state index contributed by atoms with van der Waals surface area (Å²) in [4.78, 5) is 11.3. The van der Waals surface area contributed by atoms with Crippen LogP contribution in [0.1, 0.15) is 9.67 Å². The van der Waals surface area contributed by atoms with Crippen LogP contribution in [0.5, 0.6) is 5.75 Å². The van der Waals surface area contributed by atoms with Crippen LogP contribution in [0.3, 0.4) is 0 Å². The Morgan fingerprint density at radius 3 is 2.89 bits per heavy atom. The molecule has 0 saturated heterocycles. The van der Waals surface area contributed by atoms with E-state index in [-0.39, 0.29) is 0 Å². The fourth-order valence-corrected chi connectivity index (χ4v) is 3.04. The van der Waals surface area contributed by atoms with Gasteiger partial charge in [-0.1, -0.05) is 0 Å². The van der Waals surface area contributed by atoms with Crippen molar-refractivity contribution in [3.8, 4) is 5.75 Å². The number of benzene rings is 1. The van der Waals surface area contributed by atoms with Crippen LogP contribution in [0.4, 0.5) is 0 Å². The lowest BCUT2D eigenvalue weighted by Crippen LogP contribution is -1.92.